The van der Waals surface area contributed by atoms with Crippen molar-refractivity contribution < 1.29 is 14.6 Å². The Kier molecular flexibility index (Phi) is 7.86. The maximum absolute atomic E-state index is 9.05. The molecule has 7 heteroatoms. The van der Waals surface area contributed by atoms with Crippen molar-refractivity contribution >= 4 is 11.6 Å². The van der Waals surface area contributed by atoms with Gasteiger partial charge in [0, 0.05) is 33.4 Å². The van der Waals surface area contributed by atoms with E-state index in [2.05, 4.69) is 20.6 Å². The first-order valence-corrected chi connectivity index (χ1v) is 6.73. The van der Waals surface area contributed by atoms with Gasteiger partial charge >= 0.3 is 0 Å². The molecule has 0 aliphatic rings. The summed E-state index contributed by atoms with van der Waals surface area (Å²) in [6.07, 6.45) is 0.591. The van der Waals surface area contributed by atoms with Crippen LogP contribution in [0.5, 0.6) is 0 Å². The molecular formula is C13H24N4O3. The maximum Gasteiger partial charge on any atom is 0.158 e. The van der Waals surface area contributed by atoms with Gasteiger partial charge < -0.3 is 25.2 Å². The van der Waals surface area contributed by atoms with E-state index in [4.69, 9.17) is 14.6 Å². The first-order chi connectivity index (χ1) is 9.73. The first-order valence-electron chi connectivity index (χ1n) is 6.73. The third kappa shape index (κ3) is 5.68. The minimum Gasteiger partial charge on any atom is -0.396 e. The van der Waals surface area contributed by atoms with Crippen molar-refractivity contribution in [1.29, 1.82) is 0 Å². The topological polar surface area (TPSA) is 88.5 Å². The van der Waals surface area contributed by atoms with E-state index in [0.717, 1.165) is 5.82 Å². The fourth-order valence-electron chi connectivity index (χ4n) is 1.72. The highest BCUT2D eigenvalue weighted by Crippen LogP contribution is 2.13. The van der Waals surface area contributed by atoms with E-state index in [1.54, 1.807) is 14.2 Å². The minimum absolute atomic E-state index is 0.00421. The third-order valence-electron chi connectivity index (χ3n) is 2.66. The van der Waals surface area contributed by atoms with Crippen LogP contribution in [0.15, 0.2) is 6.07 Å². The van der Waals surface area contributed by atoms with Crippen molar-refractivity contribution in [1.82, 2.24) is 9.97 Å². The second-order valence-electron chi connectivity index (χ2n) is 4.25. The fourth-order valence-corrected chi connectivity index (χ4v) is 1.72. The molecular weight excluding hydrogens is 260 g/mol. The minimum atomic E-state index is 0.00421. The van der Waals surface area contributed by atoms with Gasteiger partial charge in [-0.3, -0.25) is 0 Å². The van der Waals surface area contributed by atoms with Crippen molar-refractivity contribution in [3.63, 3.8) is 0 Å². The van der Waals surface area contributed by atoms with Crippen LogP contribution in [0.3, 0.4) is 0 Å². The monoisotopic (exact) mass is 284 g/mol. The molecule has 0 fully saturated rings. The second kappa shape index (κ2) is 9.46. The van der Waals surface area contributed by atoms with Crippen molar-refractivity contribution in [3.8, 4) is 0 Å². The van der Waals surface area contributed by atoms with Crippen LogP contribution in [-0.4, -0.2) is 55.1 Å². The largest absolute Gasteiger partial charge is 0.396 e. The van der Waals surface area contributed by atoms with Crippen LogP contribution >= 0.6 is 0 Å². The molecule has 0 radical (unpaired) electrons. The Balaban J connectivity index is 2.80. The van der Waals surface area contributed by atoms with E-state index < -0.39 is 0 Å². The van der Waals surface area contributed by atoms with E-state index in [1.807, 2.05) is 13.0 Å². The molecule has 3 N–H and O–H groups in total. The molecule has 1 rings (SSSR count). The summed E-state index contributed by atoms with van der Waals surface area (Å²) in [4.78, 5) is 8.72. The Morgan fingerprint density at radius 2 is 2.10 bits per heavy atom. The molecule has 0 saturated carbocycles. The number of aliphatic hydroxyl groups is 1. The van der Waals surface area contributed by atoms with Gasteiger partial charge in [0.05, 0.1) is 12.6 Å². The number of hydrogen-bond donors (Lipinski definition) is 3. The van der Waals surface area contributed by atoms with Crippen molar-refractivity contribution in [2.24, 2.45) is 0 Å². The number of anilines is 2. The Morgan fingerprint density at radius 3 is 2.70 bits per heavy atom. The number of aliphatic hydroxyl groups excluding tert-OH is 1. The maximum atomic E-state index is 9.05. The zero-order chi connectivity index (χ0) is 14.8. The van der Waals surface area contributed by atoms with Gasteiger partial charge in [-0.05, 0) is 13.3 Å². The van der Waals surface area contributed by atoms with Gasteiger partial charge in [-0.2, -0.15) is 0 Å². The normalized spacial score (nSPS) is 12.2. The van der Waals surface area contributed by atoms with Crippen LogP contribution in [0.2, 0.25) is 0 Å². The quantitative estimate of drug-likeness (QED) is 0.587. The van der Waals surface area contributed by atoms with Crippen LogP contribution in [0.4, 0.5) is 11.6 Å². The summed E-state index contributed by atoms with van der Waals surface area (Å²) >= 11 is 0. The van der Waals surface area contributed by atoms with Gasteiger partial charge in [-0.25, -0.2) is 9.97 Å². The summed E-state index contributed by atoms with van der Waals surface area (Å²) in [6.45, 7) is 3.51. The molecule has 0 aromatic carbocycles. The Bertz CT molecular complexity index is 384. The van der Waals surface area contributed by atoms with Crippen LogP contribution in [0, 0.1) is 0 Å². The number of rotatable bonds is 10. The predicted octanol–water partition coefficient (Wildman–Crippen LogP) is 0.864. The lowest BCUT2D eigenvalue weighted by Gasteiger charge is -2.18. The van der Waals surface area contributed by atoms with Gasteiger partial charge in [0.25, 0.3) is 0 Å². The van der Waals surface area contributed by atoms with Gasteiger partial charge in [0.1, 0.15) is 18.2 Å². The standard InChI is InChI=1S/C13H24N4O3/c1-4-20-9-13-16-11(14-2)7-12(17-13)15-10(5-6-18)8-19-3/h7,10,18H,4-6,8-9H2,1-3H3,(H2,14,15,16,17). The molecule has 0 amide bonds. The molecule has 114 valence electrons. The molecule has 1 aromatic heterocycles. The van der Waals surface area contributed by atoms with Crippen molar-refractivity contribution in [3.05, 3.63) is 11.9 Å². The molecule has 1 aromatic rings. The van der Waals surface area contributed by atoms with E-state index in [-0.39, 0.29) is 12.6 Å². The molecule has 0 saturated heterocycles. The summed E-state index contributed by atoms with van der Waals surface area (Å²) in [5, 5.41) is 15.3. The molecule has 0 spiro atoms. The Labute approximate surface area is 119 Å². The molecule has 1 heterocycles. The lowest BCUT2D eigenvalue weighted by atomic mass is 10.2. The SMILES string of the molecule is CCOCc1nc(NC)cc(NC(CCO)COC)n1. The summed E-state index contributed by atoms with van der Waals surface area (Å²) in [6, 6.07) is 1.82. The number of methoxy groups -OCH3 is 1. The average Bonchev–Trinajstić information content (AvgIpc) is 2.45. The van der Waals surface area contributed by atoms with Crippen molar-refractivity contribution in [2.45, 2.75) is 26.0 Å². The molecule has 1 atom stereocenters. The number of nitrogens with one attached hydrogen (secondary N) is 2. The summed E-state index contributed by atoms with van der Waals surface area (Å²) in [7, 11) is 3.43. The van der Waals surface area contributed by atoms with Crippen LogP contribution in [0.25, 0.3) is 0 Å². The second-order valence-corrected chi connectivity index (χ2v) is 4.25. The van der Waals surface area contributed by atoms with Gasteiger partial charge in [-0.15, -0.1) is 0 Å². The van der Waals surface area contributed by atoms with Gasteiger partial charge in [0.15, 0.2) is 5.82 Å². The highest BCUT2D eigenvalue weighted by molar-refractivity contribution is 5.47. The number of ether oxygens (including phenoxy) is 2. The zero-order valence-electron chi connectivity index (χ0n) is 12.3. The van der Waals surface area contributed by atoms with Gasteiger partial charge in [-0.1, -0.05) is 0 Å². The molecule has 7 nitrogen and oxygen atoms in total. The lowest BCUT2D eigenvalue weighted by Crippen LogP contribution is -2.27. The van der Waals surface area contributed by atoms with Crippen LogP contribution in [-0.2, 0) is 16.1 Å². The molecule has 0 aliphatic heterocycles. The highest BCUT2D eigenvalue weighted by atomic mass is 16.5. The lowest BCUT2D eigenvalue weighted by molar-refractivity contribution is 0.128. The molecule has 0 aliphatic carbocycles. The molecule has 0 bridgehead atoms. The van der Waals surface area contributed by atoms with E-state index in [0.29, 0.717) is 37.9 Å². The summed E-state index contributed by atoms with van der Waals surface area (Å²) in [5.74, 6) is 2.02. The first kappa shape index (κ1) is 16.6. The molecule has 1 unspecified atom stereocenters. The van der Waals surface area contributed by atoms with E-state index in [1.165, 1.54) is 0 Å². The summed E-state index contributed by atoms with van der Waals surface area (Å²) in [5.41, 5.74) is 0. The van der Waals surface area contributed by atoms with E-state index in [9.17, 15) is 0 Å². The third-order valence-corrected chi connectivity index (χ3v) is 2.66. The van der Waals surface area contributed by atoms with Crippen LogP contribution in [0.1, 0.15) is 19.2 Å². The van der Waals surface area contributed by atoms with Gasteiger partial charge in [0.2, 0.25) is 0 Å². The Morgan fingerprint density at radius 1 is 1.35 bits per heavy atom. The number of aromatic nitrogens is 2. The highest BCUT2D eigenvalue weighted by Gasteiger charge is 2.10. The molecule has 20 heavy (non-hydrogen) atoms. The van der Waals surface area contributed by atoms with Crippen molar-refractivity contribution in [2.75, 3.05) is 44.6 Å². The predicted molar refractivity (Wildman–Crippen MR) is 77.9 cm³/mol. The smallest absolute Gasteiger partial charge is 0.158 e. The zero-order valence-corrected chi connectivity index (χ0v) is 12.3. The average molecular weight is 284 g/mol. The number of nitrogens with zero attached hydrogens (tertiary/aromatic N) is 2. The summed E-state index contributed by atoms with van der Waals surface area (Å²) < 4.78 is 10.5. The van der Waals surface area contributed by atoms with E-state index >= 15 is 0 Å². The van der Waals surface area contributed by atoms with Crippen LogP contribution < -0.4 is 10.6 Å². The fraction of sp³-hybridized carbons (Fsp3) is 0.692. The number of hydrogen-bond acceptors (Lipinski definition) is 7. The Hall–Kier alpha value is -1.44.